The number of thiophene rings is 1. The molecule has 0 aliphatic heterocycles. The van der Waals surface area contributed by atoms with E-state index in [-0.39, 0.29) is 5.56 Å². The van der Waals surface area contributed by atoms with Crippen LogP contribution in [0, 0.1) is 0 Å². The zero-order chi connectivity index (χ0) is 21.3. The summed E-state index contributed by atoms with van der Waals surface area (Å²) in [5.74, 6) is -0.588. The molecule has 2 aromatic heterocycles. The summed E-state index contributed by atoms with van der Waals surface area (Å²) in [5, 5.41) is 22.8. The number of fused-ring (bicyclic) bond motifs is 1. The molecule has 0 spiro atoms. The van der Waals surface area contributed by atoms with Gasteiger partial charge >= 0.3 is 0 Å². The number of aromatic nitrogens is 1. The number of carbonyl (C=O) groups is 1. The summed E-state index contributed by atoms with van der Waals surface area (Å²) in [6.45, 7) is -0.393. The van der Waals surface area contributed by atoms with E-state index in [0.29, 0.717) is 32.0 Å². The van der Waals surface area contributed by atoms with Gasteiger partial charge in [-0.2, -0.15) is 0 Å². The van der Waals surface area contributed by atoms with Gasteiger partial charge in [-0.1, -0.05) is 30.3 Å². The molecule has 0 radical (unpaired) electrons. The predicted molar refractivity (Wildman–Crippen MR) is 118 cm³/mol. The number of aliphatic hydroxyl groups is 2. The van der Waals surface area contributed by atoms with E-state index in [0.717, 1.165) is 17.0 Å². The van der Waals surface area contributed by atoms with Crippen LogP contribution < -0.4 is 16.6 Å². The van der Waals surface area contributed by atoms with E-state index in [1.165, 1.54) is 10.6 Å². The summed E-state index contributed by atoms with van der Waals surface area (Å²) >= 11 is 1.14. The second-order valence-corrected chi connectivity index (χ2v) is 7.68. The van der Waals surface area contributed by atoms with Crippen LogP contribution in [-0.4, -0.2) is 27.3 Å². The average Bonchev–Trinajstić information content (AvgIpc) is 3.12. The van der Waals surface area contributed by atoms with Gasteiger partial charge in [-0.3, -0.25) is 14.2 Å². The molecule has 0 aliphatic rings. The lowest BCUT2D eigenvalue weighted by Gasteiger charge is -2.11. The lowest BCUT2D eigenvalue weighted by Crippen LogP contribution is -2.16. The molecule has 5 N–H and O–H groups in total. The zero-order valence-corrected chi connectivity index (χ0v) is 16.6. The number of carbonyl (C=O) groups excluding carboxylic acids is 1. The fourth-order valence-corrected chi connectivity index (χ4v) is 4.36. The van der Waals surface area contributed by atoms with Crippen molar-refractivity contribution in [1.82, 2.24) is 4.57 Å². The van der Waals surface area contributed by atoms with Gasteiger partial charge in [-0.05, 0) is 35.9 Å². The van der Waals surface area contributed by atoms with Gasteiger partial charge in [0, 0.05) is 17.1 Å². The van der Waals surface area contributed by atoms with E-state index in [9.17, 15) is 14.7 Å². The Balaban J connectivity index is 1.89. The summed E-state index contributed by atoms with van der Waals surface area (Å²) in [7, 11) is 0. The average molecular weight is 421 g/mol. The Morgan fingerprint density at radius 2 is 1.77 bits per heavy atom. The fourth-order valence-electron chi connectivity index (χ4n) is 3.24. The molecule has 2 heterocycles. The predicted octanol–water partition coefficient (Wildman–Crippen LogP) is 2.92. The maximum Gasteiger partial charge on any atom is 0.261 e. The van der Waals surface area contributed by atoms with Crippen molar-refractivity contribution in [2.75, 3.05) is 11.9 Å². The largest absolute Gasteiger partial charge is 0.393 e. The fraction of sp³-hybridized carbons (Fsp3) is 0.0909. The Labute approximate surface area is 175 Å². The summed E-state index contributed by atoms with van der Waals surface area (Å²) in [6.07, 6.45) is -0.989. The van der Waals surface area contributed by atoms with E-state index >= 15 is 0 Å². The first kappa shape index (κ1) is 19.8. The van der Waals surface area contributed by atoms with Crippen LogP contribution in [-0.2, 0) is 0 Å². The van der Waals surface area contributed by atoms with Gasteiger partial charge in [0.1, 0.15) is 15.8 Å². The number of nitrogens with one attached hydrogen (secondary N) is 1. The Bertz CT molecular complexity index is 1260. The van der Waals surface area contributed by atoms with Gasteiger partial charge < -0.3 is 21.3 Å². The molecule has 0 aliphatic carbocycles. The highest BCUT2D eigenvalue weighted by Crippen LogP contribution is 2.37. The summed E-state index contributed by atoms with van der Waals surface area (Å²) in [6, 6.07) is 19.1. The monoisotopic (exact) mass is 421 g/mol. The van der Waals surface area contributed by atoms with Gasteiger partial charge in [-0.15, -0.1) is 11.3 Å². The van der Waals surface area contributed by atoms with E-state index < -0.39 is 18.6 Å². The summed E-state index contributed by atoms with van der Waals surface area (Å²) in [4.78, 5) is 25.7. The van der Waals surface area contributed by atoms with Crippen LogP contribution in [0.2, 0.25) is 0 Å². The molecule has 1 amide bonds. The molecule has 30 heavy (non-hydrogen) atoms. The minimum absolute atomic E-state index is 0.263. The van der Waals surface area contributed by atoms with Crippen LogP contribution in [0.4, 0.5) is 11.4 Å². The maximum atomic E-state index is 12.7. The molecule has 1 atom stereocenters. The number of para-hydroxylation sites is 1. The number of benzene rings is 2. The zero-order valence-electron chi connectivity index (χ0n) is 15.8. The molecule has 8 heteroatoms. The van der Waals surface area contributed by atoms with Crippen LogP contribution in [0.25, 0.3) is 15.9 Å². The lowest BCUT2D eigenvalue weighted by molar-refractivity contribution is 0.0956. The smallest absolute Gasteiger partial charge is 0.261 e. The van der Waals surface area contributed by atoms with Crippen LogP contribution in [0.3, 0.4) is 0 Å². The van der Waals surface area contributed by atoms with Gasteiger partial charge in [0.05, 0.1) is 18.0 Å². The van der Waals surface area contributed by atoms with Gasteiger partial charge in [-0.25, -0.2) is 0 Å². The highest BCUT2D eigenvalue weighted by atomic mass is 32.1. The third-order valence-corrected chi connectivity index (χ3v) is 5.92. The second kappa shape index (κ2) is 8.11. The molecule has 4 aromatic rings. The molecule has 0 fully saturated rings. The Kier molecular flexibility index (Phi) is 5.37. The SMILES string of the molecule is NC(=O)c1sc2c(ccc(=O)n2-c2ccc(C(O)CO)cc2)c1Nc1ccccc1. The van der Waals surface area contributed by atoms with Crippen molar-refractivity contribution < 1.29 is 15.0 Å². The van der Waals surface area contributed by atoms with Gasteiger partial charge in [0.2, 0.25) is 0 Å². The Hall–Kier alpha value is -3.46. The molecule has 152 valence electrons. The molecular weight excluding hydrogens is 402 g/mol. The van der Waals surface area contributed by atoms with Crippen LogP contribution >= 0.6 is 11.3 Å². The number of primary amides is 1. The third-order valence-electron chi connectivity index (χ3n) is 4.72. The normalized spacial score (nSPS) is 12.1. The van der Waals surface area contributed by atoms with E-state index in [4.69, 9.17) is 10.8 Å². The number of rotatable bonds is 6. The Morgan fingerprint density at radius 1 is 1.07 bits per heavy atom. The lowest BCUT2D eigenvalue weighted by atomic mass is 10.1. The molecule has 0 saturated heterocycles. The molecule has 1 unspecified atom stereocenters. The molecule has 7 nitrogen and oxygen atoms in total. The molecule has 4 rings (SSSR count). The molecule has 0 saturated carbocycles. The number of nitrogens with zero attached hydrogens (tertiary/aromatic N) is 1. The first-order valence-corrected chi connectivity index (χ1v) is 10.0. The second-order valence-electron chi connectivity index (χ2n) is 6.68. The molecular formula is C22H19N3O4S. The van der Waals surface area contributed by atoms with E-state index in [1.54, 1.807) is 30.3 Å². The number of amides is 1. The number of hydrogen-bond acceptors (Lipinski definition) is 6. The summed E-state index contributed by atoms with van der Waals surface area (Å²) in [5.41, 5.74) is 7.81. The third kappa shape index (κ3) is 3.59. The molecule has 2 aromatic carbocycles. The van der Waals surface area contributed by atoms with Crippen molar-refractivity contribution in [2.24, 2.45) is 5.73 Å². The quantitative estimate of drug-likeness (QED) is 0.382. The van der Waals surface area contributed by atoms with Crippen molar-refractivity contribution in [1.29, 1.82) is 0 Å². The van der Waals surface area contributed by atoms with Crippen molar-refractivity contribution in [3.63, 3.8) is 0 Å². The van der Waals surface area contributed by atoms with Gasteiger partial charge in [0.25, 0.3) is 11.5 Å². The highest BCUT2D eigenvalue weighted by molar-refractivity contribution is 7.21. The minimum Gasteiger partial charge on any atom is -0.393 e. The first-order chi connectivity index (χ1) is 14.5. The first-order valence-electron chi connectivity index (χ1n) is 9.19. The van der Waals surface area contributed by atoms with E-state index in [1.807, 2.05) is 30.3 Å². The van der Waals surface area contributed by atoms with Crippen LogP contribution in [0.15, 0.2) is 71.5 Å². The maximum absolute atomic E-state index is 12.7. The minimum atomic E-state index is -0.989. The summed E-state index contributed by atoms with van der Waals surface area (Å²) < 4.78 is 1.50. The van der Waals surface area contributed by atoms with Gasteiger partial charge in [0.15, 0.2) is 0 Å². The standard InChI is InChI=1S/C22H19N3O4S/c23-21(29)20-19(24-14-4-2-1-3-5-14)16-10-11-18(28)25(22(16)30-20)15-8-6-13(7-9-15)17(27)12-26/h1-11,17,24,26-27H,12H2,(H2,23,29). The highest BCUT2D eigenvalue weighted by Gasteiger charge is 2.20. The van der Waals surface area contributed by atoms with Crippen molar-refractivity contribution in [3.05, 3.63) is 87.5 Å². The van der Waals surface area contributed by atoms with Crippen LogP contribution in [0.1, 0.15) is 21.3 Å². The number of aliphatic hydroxyl groups excluding tert-OH is 2. The number of nitrogens with two attached hydrogens (primary N) is 1. The number of pyridine rings is 1. The number of anilines is 2. The van der Waals surface area contributed by atoms with Crippen molar-refractivity contribution in [3.8, 4) is 5.69 Å². The van der Waals surface area contributed by atoms with Crippen molar-refractivity contribution in [2.45, 2.75) is 6.10 Å². The van der Waals surface area contributed by atoms with Crippen LogP contribution in [0.5, 0.6) is 0 Å². The van der Waals surface area contributed by atoms with E-state index in [2.05, 4.69) is 5.32 Å². The topological polar surface area (TPSA) is 118 Å². The number of hydrogen-bond donors (Lipinski definition) is 4. The Morgan fingerprint density at radius 3 is 2.40 bits per heavy atom. The van der Waals surface area contributed by atoms with Crippen molar-refractivity contribution >= 4 is 38.8 Å². The molecule has 0 bridgehead atoms.